The molecule has 0 spiro atoms. The zero-order chi connectivity index (χ0) is 13.2. The number of hydrogen-bond acceptors (Lipinski definition) is 1. The lowest BCUT2D eigenvalue weighted by atomic mass is 10.1. The van der Waals surface area contributed by atoms with Crippen molar-refractivity contribution in [1.29, 1.82) is 0 Å². The van der Waals surface area contributed by atoms with E-state index in [9.17, 15) is 8.78 Å². The van der Waals surface area contributed by atoms with Crippen LogP contribution in [0.3, 0.4) is 0 Å². The summed E-state index contributed by atoms with van der Waals surface area (Å²) in [7, 11) is 0. The molecular formula is C16H9F2O. The largest absolute Gasteiger partial charge is 0.453 e. The number of hydrogen-bond donors (Lipinski definition) is 0. The number of halogens is 2. The second-order valence-corrected chi connectivity index (χ2v) is 4.06. The number of ether oxygens (including phenoxy) is 1. The predicted molar refractivity (Wildman–Crippen MR) is 69.2 cm³/mol. The summed E-state index contributed by atoms with van der Waals surface area (Å²) in [6, 6.07) is 17.7. The van der Waals surface area contributed by atoms with Crippen LogP contribution in [-0.2, 0) is 0 Å². The van der Waals surface area contributed by atoms with Crippen LogP contribution < -0.4 is 4.74 Å². The SMILES string of the molecule is Fc1cccc(Oc2c[c]cc3ccccc23)c1F. The van der Waals surface area contributed by atoms with Gasteiger partial charge in [0, 0.05) is 5.39 Å². The van der Waals surface area contributed by atoms with E-state index in [1.807, 2.05) is 30.3 Å². The van der Waals surface area contributed by atoms with Crippen molar-refractivity contribution >= 4 is 10.8 Å². The molecule has 0 aliphatic rings. The van der Waals surface area contributed by atoms with E-state index in [1.165, 1.54) is 12.1 Å². The van der Waals surface area contributed by atoms with E-state index in [1.54, 1.807) is 6.07 Å². The van der Waals surface area contributed by atoms with E-state index in [4.69, 9.17) is 4.74 Å². The van der Waals surface area contributed by atoms with Gasteiger partial charge in [-0.05, 0) is 35.7 Å². The highest BCUT2D eigenvalue weighted by molar-refractivity contribution is 5.88. The molecule has 3 rings (SSSR count). The molecule has 1 nitrogen and oxygen atoms in total. The molecule has 0 saturated carbocycles. The highest BCUT2D eigenvalue weighted by Crippen LogP contribution is 2.31. The Kier molecular flexibility index (Phi) is 2.88. The average molecular weight is 255 g/mol. The van der Waals surface area contributed by atoms with Gasteiger partial charge < -0.3 is 4.74 Å². The van der Waals surface area contributed by atoms with Gasteiger partial charge >= 0.3 is 0 Å². The van der Waals surface area contributed by atoms with E-state index >= 15 is 0 Å². The normalized spacial score (nSPS) is 10.6. The fraction of sp³-hybridized carbons (Fsp3) is 0. The summed E-state index contributed by atoms with van der Waals surface area (Å²) in [6.07, 6.45) is 0. The molecule has 0 N–H and O–H groups in total. The molecule has 3 aromatic carbocycles. The van der Waals surface area contributed by atoms with E-state index in [0.717, 1.165) is 16.8 Å². The Balaban J connectivity index is 2.09. The lowest BCUT2D eigenvalue weighted by Crippen LogP contribution is -1.92. The van der Waals surface area contributed by atoms with Crippen LogP contribution in [0.5, 0.6) is 11.5 Å². The van der Waals surface area contributed by atoms with Gasteiger partial charge in [-0.2, -0.15) is 4.39 Å². The van der Waals surface area contributed by atoms with Gasteiger partial charge in [-0.1, -0.05) is 30.3 Å². The maximum absolute atomic E-state index is 13.6. The van der Waals surface area contributed by atoms with Gasteiger partial charge in [-0.15, -0.1) is 0 Å². The van der Waals surface area contributed by atoms with E-state index in [2.05, 4.69) is 6.07 Å². The average Bonchev–Trinajstić information content (AvgIpc) is 2.44. The molecule has 1 radical (unpaired) electrons. The standard InChI is InChI=1S/C16H9F2O/c17-13-8-4-10-15(16(13)18)19-14-9-3-6-11-5-1-2-7-12(11)14/h1-2,4-10H. The molecule has 3 heteroatoms. The molecule has 0 heterocycles. The zero-order valence-corrected chi connectivity index (χ0v) is 9.86. The molecule has 0 atom stereocenters. The summed E-state index contributed by atoms with van der Waals surface area (Å²) in [5, 5.41) is 1.75. The fourth-order valence-corrected chi connectivity index (χ4v) is 1.90. The maximum atomic E-state index is 13.6. The van der Waals surface area contributed by atoms with Gasteiger partial charge in [-0.25, -0.2) is 4.39 Å². The second-order valence-electron chi connectivity index (χ2n) is 4.06. The van der Waals surface area contributed by atoms with Crippen molar-refractivity contribution in [3.05, 3.63) is 72.3 Å². The molecule has 93 valence electrons. The first-order valence-electron chi connectivity index (χ1n) is 5.76. The first-order chi connectivity index (χ1) is 9.25. The Morgan fingerprint density at radius 3 is 2.58 bits per heavy atom. The molecule has 0 aromatic heterocycles. The Morgan fingerprint density at radius 1 is 0.842 bits per heavy atom. The van der Waals surface area contributed by atoms with Crippen molar-refractivity contribution in [2.24, 2.45) is 0 Å². The zero-order valence-electron chi connectivity index (χ0n) is 9.86. The van der Waals surface area contributed by atoms with Gasteiger partial charge in [0.15, 0.2) is 11.6 Å². The smallest absolute Gasteiger partial charge is 0.201 e. The third-order valence-corrected chi connectivity index (χ3v) is 2.82. The van der Waals surface area contributed by atoms with Crippen LogP contribution in [0.25, 0.3) is 10.8 Å². The van der Waals surface area contributed by atoms with Gasteiger partial charge in [-0.3, -0.25) is 0 Å². The lowest BCUT2D eigenvalue weighted by Gasteiger charge is -2.09. The third kappa shape index (κ3) is 2.15. The summed E-state index contributed by atoms with van der Waals surface area (Å²) in [6.45, 7) is 0. The Bertz CT molecular complexity index is 732. The minimum Gasteiger partial charge on any atom is -0.453 e. The first kappa shape index (κ1) is 11.7. The summed E-state index contributed by atoms with van der Waals surface area (Å²) in [5.41, 5.74) is 0. The van der Waals surface area contributed by atoms with E-state index < -0.39 is 11.6 Å². The number of fused-ring (bicyclic) bond motifs is 1. The van der Waals surface area contributed by atoms with Crippen molar-refractivity contribution in [3.63, 3.8) is 0 Å². The molecule has 0 fully saturated rings. The summed E-state index contributed by atoms with van der Waals surface area (Å²) in [4.78, 5) is 0. The van der Waals surface area contributed by atoms with Crippen molar-refractivity contribution in [1.82, 2.24) is 0 Å². The topological polar surface area (TPSA) is 9.23 Å². The Labute approximate surface area is 109 Å². The number of benzene rings is 3. The monoisotopic (exact) mass is 255 g/mol. The van der Waals surface area contributed by atoms with E-state index in [-0.39, 0.29) is 5.75 Å². The summed E-state index contributed by atoms with van der Waals surface area (Å²) >= 11 is 0. The van der Waals surface area contributed by atoms with Gasteiger partial charge in [0.1, 0.15) is 5.75 Å². The van der Waals surface area contributed by atoms with Gasteiger partial charge in [0.05, 0.1) is 0 Å². The number of rotatable bonds is 2. The maximum Gasteiger partial charge on any atom is 0.201 e. The fourth-order valence-electron chi connectivity index (χ4n) is 1.90. The van der Waals surface area contributed by atoms with Crippen molar-refractivity contribution in [2.45, 2.75) is 0 Å². The Hall–Kier alpha value is -2.42. The molecule has 0 aliphatic heterocycles. The second kappa shape index (κ2) is 4.69. The molecule has 3 aromatic rings. The van der Waals surface area contributed by atoms with Crippen LogP contribution >= 0.6 is 0 Å². The molecule has 0 unspecified atom stereocenters. The Morgan fingerprint density at radius 2 is 1.68 bits per heavy atom. The molecule has 19 heavy (non-hydrogen) atoms. The highest BCUT2D eigenvalue weighted by atomic mass is 19.2. The first-order valence-corrected chi connectivity index (χ1v) is 5.76. The van der Waals surface area contributed by atoms with Crippen LogP contribution in [0.2, 0.25) is 0 Å². The lowest BCUT2D eigenvalue weighted by molar-refractivity contribution is 0.419. The third-order valence-electron chi connectivity index (χ3n) is 2.82. The highest BCUT2D eigenvalue weighted by Gasteiger charge is 2.11. The predicted octanol–water partition coefficient (Wildman–Crippen LogP) is 4.71. The molecular weight excluding hydrogens is 246 g/mol. The minimum absolute atomic E-state index is 0.134. The van der Waals surface area contributed by atoms with Crippen LogP contribution in [0.15, 0.2) is 54.6 Å². The molecule has 0 saturated heterocycles. The van der Waals surface area contributed by atoms with Crippen molar-refractivity contribution in [2.75, 3.05) is 0 Å². The van der Waals surface area contributed by atoms with E-state index in [0.29, 0.717) is 5.75 Å². The van der Waals surface area contributed by atoms with Crippen LogP contribution in [0.4, 0.5) is 8.78 Å². The van der Waals surface area contributed by atoms with Crippen molar-refractivity contribution in [3.8, 4) is 11.5 Å². The summed E-state index contributed by atoms with van der Waals surface area (Å²) in [5.74, 6) is -1.61. The van der Waals surface area contributed by atoms with Crippen LogP contribution in [-0.4, -0.2) is 0 Å². The van der Waals surface area contributed by atoms with Crippen LogP contribution in [0.1, 0.15) is 0 Å². The van der Waals surface area contributed by atoms with Gasteiger partial charge in [0.2, 0.25) is 5.82 Å². The van der Waals surface area contributed by atoms with Crippen LogP contribution in [0, 0.1) is 17.7 Å². The quantitative estimate of drug-likeness (QED) is 0.644. The van der Waals surface area contributed by atoms with Gasteiger partial charge in [0.25, 0.3) is 0 Å². The minimum atomic E-state index is -0.990. The van der Waals surface area contributed by atoms with Crippen molar-refractivity contribution < 1.29 is 13.5 Å². The molecule has 0 aliphatic carbocycles. The summed E-state index contributed by atoms with van der Waals surface area (Å²) < 4.78 is 32.2. The molecule has 0 amide bonds. The molecule has 0 bridgehead atoms.